The van der Waals surface area contributed by atoms with Crippen molar-refractivity contribution in [2.24, 2.45) is 11.7 Å². The van der Waals surface area contributed by atoms with Crippen LogP contribution < -0.4 is 5.73 Å². The molecule has 0 radical (unpaired) electrons. The van der Waals surface area contributed by atoms with E-state index in [4.69, 9.17) is 10.5 Å². The highest BCUT2D eigenvalue weighted by Gasteiger charge is 2.10. The van der Waals surface area contributed by atoms with Crippen LogP contribution in [-0.2, 0) is 17.7 Å². The Labute approximate surface area is 97.0 Å². The largest absolute Gasteiger partial charge is 0.385 e. The highest BCUT2D eigenvalue weighted by atomic mass is 16.5. The molecule has 0 aliphatic heterocycles. The minimum Gasteiger partial charge on any atom is -0.385 e. The number of ether oxygens (including phenoxy) is 1. The van der Waals surface area contributed by atoms with E-state index in [0.717, 1.165) is 25.2 Å². The first-order valence-electron chi connectivity index (χ1n) is 5.74. The average Bonchev–Trinajstić information content (AvgIpc) is 2.62. The maximum absolute atomic E-state index is 5.99. The van der Waals surface area contributed by atoms with E-state index in [0.29, 0.717) is 12.5 Å². The Morgan fingerprint density at radius 3 is 2.88 bits per heavy atom. The van der Waals surface area contributed by atoms with E-state index < -0.39 is 0 Å². The molecule has 92 valence electrons. The summed E-state index contributed by atoms with van der Waals surface area (Å²) in [5.41, 5.74) is 5.99. The second kappa shape index (κ2) is 6.60. The van der Waals surface area contributed by atoms with Gasteiger partial charge in [0.05, 0.1) is 0 Å². The molecule has 16 heavy (non-hydrogen) atoms. The fraction of sp³-hybridized carbons (Fsp3) is 0.818. The Morgan fingerprint density at radius 2 is 2.25 bits per heavy atom. The molecule has 5 nitrogen and oxygen atoms in total. The summed E-state index contributed by atoms with van der Waals surface area (Å²) in [7, 11) is 1.69. The SMILES string of the molecule is COCCC(N)Cc1ncnn1CC(C)C. The number of hydrogen-bond acceptors (Lipinski definition) is 4. The average molecular weight is 226 g/mol. The van der Waals surface area contributed by atoms with Gasteiger partial charge in [0.15, 0.2) is 0 Å². The Bertz CT molecular complexity index is 298. The van der Waals surface area contributed by atoms with Crippen molar-refractivity contribution < 1.29 is 4.74 Å². The predicted molar refractivity (Wildman–Crippen MR) is 63.0 cm³/mol. The minimum atomic E-state index is 0.0927. The molecule has 1 unspecified atom stereocenters. The summed E-state index contributed by atoms with van der Waals surface area (Å²) < 4.78 is 6.95. The van der Waals surface area contributed by atoms with Crippen molar-refractivity contribution in [1.82, 2.24) is 14.8 Å². The van der Waals surface area contributed by atoms with Crippen LogP contribution in [0.3, 0.4) is 0 Å². The lowest BCUT2D eigenvalue weighted by Crippen LogP contribution is -2.26. The molecule has 1 atom stereocenters. The number of nitrogens with two attached hydrogens (primary N) is 1. The van der Waals surface area contributed by atoms with Gasteiger partial charge >= 0.3 is 0 Å². The van der Waals surface area contributed by atoms with Crippen molar-refractivity contribution in [1.29, 1.82) is 0 Å². The van der Waals surface area contributed by atoms with E-state index in [1.165, 1.54) is 0 Å². The molecular weight excluding hydrogens is 204 g/mol. The van der Waals surface area contributed by atoms with E-state index in [9.17, 15) is 0 Å². The van der Waals surface area contributed by atoms with Crippen molar-refractivity contribution >= 4 is 0 Å². The number of aromatic nitrogens is 3. The van der Waals surface area contributed by atoms with Gasteiger partial charge < -0.3 is 10.5 Å². The van der Waals surface area contributed by atoms with Gasteiger partial charge in [0, 0.05) is 32.7 Å². The monoisotopic (exact) mass is 226 g/mol. The quantitative estimate of drug-likeness (QED) is 0.748. The van der Waals surface area contributed by atoms with Gasteiger partial charge in [0.25, 0.3) is 0 Å². The van der Waals surface area contributed by atoms with Crippen LogP contribution in [0.2, 0.25) is 0 Å². The fourth-order valence-electron chi connectivity index (χ4n) is 1.55. The minimum absolute atomic E-state index is 0.0927. The summed E-state index contributed by atoms with van der Waals surface area (Å²) in [6, 6.07) is 0.0927. The summed E-state index contributed by atoms with van der Waals surface area (Å²) in [5.74, 6) is 1.54. The van der Waals surface area contributed by atoms with Gasteiger partial charge in [0.2, 0.25) is 0 Å². The number of nitrogens with zero attached hydrogens (tertiary/aromatic N) is 3. The second-order valence-corrected chi connectivity index (χ2v) is 4.50. The molecule has 1 aromatic heterocycles. The zero-order chi connectivity index (χ0) is 12.0. The molecule has 1 heterocycles. The van der Waals surface area contributed by atoms with Gasteiger partial charge in [-0.2, -0.15) is 5.10 Å². The third-order valence-corrected chi connectivity index (χ3v) is 2.37. The van der Waals surface area contributed by atoms with Crippen molar-refractivity contribution in [3.05, 3.63) is 12.2 Å². The van der Waals surface area contributed by atoms with Gasteiger partial charge in [-0.05, 0) is 12.3 Å². The Kier molecular flexibility index (Phi) is 5.42. The summed E-state index contributed by atoms with van der Waals surface area (Å²) in [5, 5.41) is 4.21. The second-order valence-electron chi connectivity index (χ2n) is 4.50. The van der Waals surface area contributed by atoms with Gasteiger partial charge in [-0.1, -0.05) is 13.8 Å². The summed E-state index contributed by atoms with van der Waals surface area (Å²) >= 11 is 0. The number of methoxy groups -OCH3 is 1. The maximum atomic E-state index is 5.99. The number of rotatable bonds is 7. The van der Waals surface area contributed by atoms with E-state index in [2.05, 4.69) is 23.9 Å². The Hall–Kier alpha value is -0.940. The first kappa shape index (κ1) is 13.1. The first-order chi connectivity index (χ1) is 7.63. The lowest BCUT2D eigenvalue weighted by atomic mass is 10.1. The summed E-state index contributed by atoms with van der Waals surface area (Å²) in [6.07, 6.45) is 3.21. The van der Waals surface area contributed by atoms with Crippen LogP contribution in [0.15, 0.2) is 6.33 Å². The summed E-state index contributed by atoms with van der Waals surface area (Å²) in [4.78, 5) is 4.25. The maximum Gasteiger partial charge on any atom is 0.138 e. The van der Waals surface area contributed by atoms with E-state index in [1.807, 2.05) is 4.68 Å². The van der Waals surface area contributed by atoms with Crippen LogP contribution in [0, 0.1) is 5.92 Å². The number of hydrogen-bond donors (Lipinski definition) is 1. The van der Waals surface area contributed by atoms with Crippen molar-refractivity contribution in [2.75, 3.05) is 13.7 Å². The zero-order valence-corrected chi connectivity index (χ0v) is 10.4. The molecule has 0 fully saturated rings. The molecule has 1 rings (SSSR count). The topological polar surface area (TPSA) is 66.0 Å². The van der Waals surface area contributed by atoms with Crippen LogP contribution in [-0.4, -0.2) is 34.5 Å². The third-order valence-electron chi connectivity index (χ3n) is 2.37. The van der Waals surface area contributed by atoms with Gasteiger partial charge in [0.1, 0.15) is 12.2 Å². The first-order valence-corrected chi connectivity index (χ1v) is 5.74. The zero-order valence-electron chi connectivity index (χ0n) is 10.4. The van der Waals surface area contributed by atoms with E-state index in [-0.39, 0.29) is 6.04 Å². The molecule has 0 saturated carbocycles. The molecule has 2 N–H and O–H groups in total. The van der Waals surface area contributed by atoms with Crippen LogP contribution in [0.5, 0.6) is 0 Å². The third kappa shape index (κ3) is 4.28. The Morgan fingerprint density at radius 1 is 1.50 bits per heavy atom. The van der Waals surface area contributed by atoms with Crippen molar-refractivity contribution in [3.63, 3.8) is 0 Å². The molecule has 0 bridgehead atoms. The smallest absolute Gasteiger partial charge is 0.138 e. The van der Waals surface area contributed by atoms with Gasteiger partial charge in [-0.3, -0.25) is 0 Å². The molecule has 5 heteroatoms. The van der Waals surface area contributed by atoms with Crippen molar-refractivity contribution in [3.8, 4) is 0 Å². The lowest BCUT2D eigenvalue weighted by molar-refractivity contribution is 0.187. The van der Waals surface area contributed by atoms with Gasteiger partial charge in [-0.25, -0.2) is 9.67 Å². The van der Waals surface area contributed by atoms with Crippen molar-refractivity contribution in [2.45, 2.75) is 39.3 Å². The molecule has 1 aromatic rings. The van der Waals surface area contributed by atoms with Gasteiger partial charge in [-0.15, -0.1) is 0 Å². The Balaban J connectivity index is 2.49. The predicted octanol–water partition coefficient (Wildman–Crippen LogP) is 0.840. The molecular formula is C11H22N4O. The highest BCUT2D eigenvalue weighted by Crippen LogP contribution is 2.04. The van der Waals surface area contributed by atoms with Crippen LogP contribution in [0.1, 0.15) is 26.1 Å². The molecule has 0 amide bonds. The molecule has 0 aliphatic carbocycles. The molecule has 0 spiro atoms. The summed E-state index contributed by atoms with van der Waals surface area (Å²) in [6.45, 7) is 5.92. The van der Waals surface area contributed by atoms with Crippen LogP contribution >= 0.6 is 0 Å². The molecule has 0 aliphatic rings. The van der Waals surface area contributed by atoms with E-state index in [1.54, 1.807) is 13.4 Å². The molecule has 0 aromatic carbocycles. The fourth-order valence-corrected chi connectivity index (χ4v) is 1.55. The van der Waals surface area contributed by atoms with Crippen LogP contribution in [0.25, 0.3) is 0 Å². The normalized spacial score (nSPS) is 13.3. The highest BCUT2D eigenvalue weighted by molar-refractivity contribution is 4.89. The molecule has 0 saturated heterocycles. The van der Waals surface area contributed by atoms with Crippen LogP contribution in [0.4, 0.5) is 0 Å². The lowest BCUT2D eigenvalue weighted by Gasteiger charge is -2.12. The van der Waals surface area contributed by atoms with E-state index >= 15 is 0 Å². The standard InChI is InChI=1S/C11H22N4O/c1-9(2)7-15-11(13-8-14-15)6-10(12)4-5-16-3/h8-10H,4-7,12H2,1-3H3.